The first-order chi connectivity index (χ1) is 8.17. The van der Waals surface area contributed by atoms with E-state index < -0.39 is 5.60 Å². The third-order valence-corrected chi connectivity index (χ3v) is 2.59. The molecule has 1 aromatic rings. The average Bonchev–Trinajstić information content (AvgIpc) is 2.12. The molecule has 0 atom stereocenters. The van der Waals surface area contributed by atoms with Gasteiger partial charge in [0.05, 0.1) is 5.60 Å². The topological polar surface area (TPSA) is 49.5 Å². The maximum absolute atomic E-state index is 13.4. The van der Waals surface area contributed by atoms with Crippen LogP contribution in [0.1, 0.15) is 25.0 Å². The van der Waals surface area contributed by atoms with Gasteiger partial charge in [0.1, 0.15) is 10.8 Å². The van der Waals surface area contributed by atoms with Gasteiger partial charge in [0.2, 0.25) is 0 Å². The molecule has 0 amide bonds. The Hall–Kier alpha value is -1.04. The van der Waals surface area contributed by atoms with E-state index in [4.69, 9.17) is 18.0 Å². The van der Waals surface area contributed by atoms with Crippen LogP contribution in [0.2, 0.25) is 0 Å². The van der Waals surface area contributed by atoms with E-state index in [1.165, 1.54) is 12.1 Å². The summed E-state index contributed by atoms with van der Waals surface area (Å²) >= 11 is 4.84. The normalized spacial score (nSPS) is 11.9. The average molecular weight is 270 g/mol. The molecule has 0 saturated carbocycles. The minimum absolute atomic E-state index is 0.181. The summed E-state index contributed by atoms with van der Waals surface area (Å²) in [6.45, 7) is 4.48. The van der Waals surface area contributed by atoms with Crippen LogP contribution in [-0.4, -0.2) is 34.2 Å². The van der Waals surface area contributed by atoms with Crippen LogP contribution in [0.4, 0.5) is 4.39 Å². The van der Waals surface area contributed by atoms with Gasteiger partial charge in [0.15, 0.2) is 0 Å². The minimum Gasteiger partial charge on any atom is -0.389 e. The second kappa shape index (κ2) is 5.73. The van der Waals surface area contributed by atoms with Crippen molar-refractivity contribution in [2.24, 2.45) is 5.73 Å². The highest BCUT2D eigenvalue weighted by atomic mass is 32.1. The Morgan fingerprint density at radius 1 is 1.44 bits per heavy atom. The number of likely N-dealkylation sites (N-methyl/N-ethyl adjacent to an activating group) is 1. The van der Waals surface area contributed by atoms with E-state index in [1.807, 2.05) is 11.9 Å². The number of aliphatic hydroxyl groups is 1. The van der Waals surface area contributed by atoms with Gasteiger partial charge in [-0.15, -0.1) is 0 Å². The quantitative estimate of drug-likeness (QED) is 0.799. The molecular weight excluding hydrogens is 251 g/mol. The summed E-state index contributed by atoms with van der Waals surface area (Å²) in [6.07, 6.45) is 0. The smallest absolute Gasteiger partial charge is 0.124 e. The summed E-state index contributed by atoms with van der Waals surface area (Å²) in [7, 11) is 1.86. The first-order valence-corrected chi connectivity index (χ1v) is 6.08. The van der Waals surface area contributed by atoms with Crippen molar-refractivity contribution in [3.63, 3.8) is 0 Å². The highest BCUT2D eigenvalue weighted by molar-refractivity contribution is 7.80. The summed E-state index contributed by atoms with van der Waals surface area (Å²) in [5.41, 5.74) is 6.02. The van der Waals surface area contributed by atoms with Crippen molar-refractivity contribution in [1.82, 2.24) is 4.90 Å². The number of rotatable bonds is 5. The van der Waals surface area contributed by atoms with E-state index in [-0.39, 0.29) is 10.8 Å². The standard InChI is InChI=1S/C13H19FN2OS/c1-13(2,17)8-16(3)7-9-4-10(12(15)18)6-11(14)5-9/h4-6,17H,7-8H2,1-3H3,(H2,15,18). The molecule has 0 heterocycles. The molecule has 0 spiro atoms. The highest BCUT2D eigenvalue weighted by Crippen LogP contribution is 2.13. The number of benzene rings is 1. The van der Waals surface area contributed by atoms with Crippen LogP contribution in [0, 0.1) is 5.82 Å². The largest absolute Gasteiger partial charge is 0.389 e. The highest BCUT2D eigenvalue weighted by Gasteiger charge is 2.16. The van der Waals surface area contributed by atoms with Crippen molar-refractivity contribution in [2.45, 2.75) is 26.0 Å². The van der Waals surface area contributed by atoms with Gasteiger partial charge in [-0.25, -0.2) is 4.39 Å². The van der Waals surface area contributed by atoms with Crippen LogP contribution >= 0.6 is 12.2 Å². The van der Waals surface area contributed by atoms with Gasteiger partial charge in [-0.1, -0.05) is 12.2 Å². The fraction of sp³-hybridized carbons (Fsp3) is 0.462. The van der Waals surface area contributed by atoms with E-state index >= 15 is 0 Å². The van der Waals surface area contributed by atoms with Crippen LogP contribution in [-0.2, 0) is 6.54 Å². The van der Waals surface area contributed by atoms with E-state index in [2.05, 4.69) is 0 Å². The van der Waals surface area contributed by atoms with Gasteiger partial charge in [-0.2, -0.15) is 0 Å². The van der Waals surface area contributed by atoms with E-state index in [0.717, 1.165) is 5.56 Å². The fourth-order valence-corrected chi connectivity index (χ4v) is 2.03. The third-order valence-electron chi connectivity index (χ3n) is 2.35. The van der Waals surface area contributed by atoms with Crippen LogP contribution in [0.5, 0.6) is 0 Å². The maximum atomic E-state index is 13.4. The van der Waals surface area contributed by atoms with Gasteiger partial charge < -0.3 is 10.8 Å². The molecule has 0 bridgehead atoms. The second-order valence-corrected chi connectivity index (χ2v) is 5.64. The van der Waals surface area contributed by atoms with Crippen LogP contribution in [0.3, 0.4) is 0 Å². The summed E-state index contributed by atoms with van der Waals surface area (Å²) in [4.78, 5) is 2.10. The summed E-state index contributed by atoms with van der Waals surface area (Å²) in [5.74, 6) is -0.355. The molecule has 1 aromatic carbocycles. The lowest BCUT2D eigenvalue weighted by molar-refractivity contribution is 0.0425. The lowest BCUT2D eigenvalue weighted by Crippen LogP contribution is -2.35. The number of hydrogen-bond donors (Lipinski definition) is 2. The number of hydrogen-bond acceptors (Lipinski definition) is 3. The molecule has 1 rings (SSSR count). The van der Waals surface area contributed by atoms with Crippen molar-refractivity contribution in [2.75, 3.05) is 13.6 Å². The van der Waals surface area contributed by atoms with Gasteiger partial charge in [-0.05, 0) is 44.7 Å². The summed E-state index contributed by atoms with van der Waals surface area (Å²) in [6, 6.07) is 4.54. The Morgan fingerprint density at radius 2 is 2.06 bits per heavy atom. The van der Waals surface area contributed by atoms with Crippen LogP contribution in [0.15, 0.2) is 18.2 Å². The minimum atomic E-state index is -0.784. The van der Waals surface area contributed by atoms with Crippen LogP contribution in [0.25, 0.3) is 0 Å². The third kappa shape index (κ3) is 5.08. The fourth-order valence-electron chi connectivity index (χ4n) is 1.91. The SMILES string of the molecule is CN(Cc1cc(F)cc(C(N)=S)c1)CC(C)(C)O. The number of thiocarbonyl (C=S) groups is 1. The van der Waals surface area contributed by atoms with E-state index in [9.17, 15) is 9.50 Å². The lowest BCUT2D eigenvalue weighted by Gasteiger charge is -2.25. The molecule has 0 radical (unpaired) electrons. The number of nitrogens with two attached hydrogens (primary N) is 1. The van der Waals surface area contributed by atoms with Gasteiger partial charge in [0, 0.05) is 18.7 Å². The molecule has 0 saturated heterocycles. The molecule has 0 unspecified atom stereocenters. The first-order valence-electron chi connectivity index (χ1n) is 5.67. The number of halogens is 1. The predicted molar refractivity (Wildman–Crippen MR) is 74.9 cm³/mol. The lowest BCUT2D eigenvalue weighted by atomic mass is 10.1. The predicted octanol–water partition coefficient (Wildman–Crippen LogP) is 1.66. The Balaban J connectivity index is 2.81. The molecule has 18 heavy (non-hydrogen) atoms. The second-order valence-electron chi connectivity index (χ2n) is 5.20. The van der Waals surface area contributed by atoms with Gasteiger partial charge in [0.25, 0.3) is 0 Å². The molecule has 0 aliphatic rings. The number of nitrogens with zero attached hydrogens (tertiary/aromatic N) is 1. The molecule has 3 nitrogen and oxygen atoms in total. The maximum Gasteiger partial charge on any atom is 0.124 e. The zero-order valence-corrected chi connectivity index (χ0v) is 11.7. The zero-order valence-electron chi connectivity index (χ0n) is 10.9. The molecule has 0 fully saturated rings. The van der Waals surface area contributed by atoms with Crippen molar-refractivity contribution in [3.05, 3.63) is 35.1 Å². The first kappa shape index (κ1) is 15.0. The molecule has 0 aliphatic carbocycles. The monoisotopic (exact) mass is 270 g/mol. The van der Waals surface area contributed by atoms with Crippen molar-refractivity contribution < 1.29 is 9.50 Å². The Bertz CT molecular complexity index is 443. The van der Waals surface area contributed by atoms with Gasteiger partial charge >= 0.3 is 0 Å². The zero-order chi connectivity index (χ0) is 13.9. The van der Waals surface area contributed by atoms with Crippen LogP contribution < -0.4 is 5.73 Å². The van der Waals surface area contributed by atoms with E-state index in [1.54, 1.807) is 19.9 Å². The van der Waals surface area contributed by atoms with Crippen molar-refractivity contribution in [1.29, 1.82) is 0 Å². The molecular formula is C13H19FN2OS. The molecule has 100 valence electrons. The molecule has 0 aromatic heterocycles. The molecule has 5 heteroatoms. The van der Waals surface area contributed by atoms with Crippen molar-refractivity contribution in [3.8, 4) is 0 Å². The Kier molecular flexibility index (Phi) is 4.78. The molecule has 0 aliphatic heterocycles. The van der Waals surface area contributed by atoms with E-state index in [0.29, 0.717) is 18.7 Å². The Morgan fingerprint density at radius 3 is 2.56 bits per heavy atom. The Labute approximate surface area is 112 Å². The van der Waals surface area contributed by atoms with Crippen molar-refractivity contribution >= 4 is 17.2 Å². The summed E-state index contributed by atoms with van der Waals surface area (Å²) in [5, 5.41) is 9.71. The summed E-state index contributed by atoms with van der Waals surface area (Å²) < 4.78 is 13.4. The van der Waals surface area contributed by atoms with Gasteiger partial charge in [-0.3, -0.25) is 4.90 Å². The molecule has 3 N–H and O–H groups in total.